The minimum atomic E-state index is -0.562. The van der Waals surface area contributed by atoms with E-state index in [9.17, 15) is 9.18 Å². The van der Waals surface area contributed by atoms with Crippen molar-refractivity contribution in [2.75, 3.05) is 5.73 Å². The number of rotatable bonds is 4. The van der Waals surface area contributed by atoms with Crippen molar-refractivity contribution >= 4 is 23.2 Å². The molecule has 0 bridgehead atoms. The third-order valence-corrected chi connectivity index (χ3v) is 5.75. The van der Waals surface area contributed by atoms with E-state index in [0.29, 0.717) is 22.6 Å². The van der Waals surface area contributed by atoms with Crippen LogP contribution in [0.3, 0.4) is 0 Å². The Morgan fingerprint density at radius 1 is 1.09 bits per heavy atom. The molecule has 1 aromatic carbocycles. The highest BCUT2D eigenvalue weighted by molar-refractivity contribution is 6.31. The fourth-order valence-corrected chi connectivity index (χ4v) is 4.24. The van der Waals surface area contributed by atoms with Gasteiger partial charge in [0.05, 0.1) is 29.0 Å². The maximum Gasteiger partial charge on any atom is 0.411 e. The number of nitrogens with one attached hydrogen (secondary N) is 1. The Labute approximate surface area is 198 Å². The number of nitrogen functional groups attached to an aromatic ring is 1. The lowest BCUT2D eigenvalue weighted by atomic mass is 9.99. The lowest BCUT2D eigenvalue weighted by Crippen LogP contribution is -2.28. The van der Waals surface area contributed by atoms with E-state index in [1.165, 1.54) is 9.08 Å². The Morgan fingerprint density at radius 3 is 2.47 bits per heavy atom. The van der Waals surface area contributed by atoms with Crippen molar-refractivity contribution in [3.63, 3.8) is 0 Å². The zero-order chi connectivity index (χ0) is 24.0. The number of H-pyrrole nitrogens is 1. The maximum absolute atomic E-state index is 13.4. The predicted octanol–water partition coefficient (Wildman–Crippen LogP) is 3.47. The number of fused-ring (bicyclic) bond motifs is 1. The Hall–Kier alpha value is -4.11. The fraction of sp³-hybridized carbons (Fsp3) is 0.125. The van der Waals surface area contributed by atoms with Gasteiger partial charge in [-0.15, -0.1) is 9.50 Å². The summed E-state index contributed by atoms with van der Waals surface area (Å²) in [5.74, 6) is -0.442. The van der Waals surface area contributed by atoms with Crippen LogP contribution in [0.4, 0.5) is 10.3 Å². The quantitative estimate of drug-likeness (QED) is 0.427. The van der Waals surface area contributed by atoms with Gasteiger partial charge in [-0.05, 0) is 37.6 Å². The molecule has 0 amide bonds. The molecular formula is C24H20ClFN7O+. The van der Waals surface area contributed by atoms with Gasteiger partial charge in [-0.1, -0.05) is 41.9 Å². The number of aromatic nitrogens is 6. The fourth-order valence-electron chi connectivity index (χ4n) is 4.02. The molecule has 5 rings (SSSR count). The molecular weight excluding hydrogens is 457 g/mol. The number of aryl methyl sites for hydroxylation is 2. The van der Waals surface area contributed by atoms with Gasteiger partial charge in [0.25, 0.3) is 0 Å². The Balaban J connectivity index is 1.81. The highest BCUT2D eigenvalue weighted by atomic mass is 35.5. The molecule has 10 heteroatoms. The summed E-state index contributed by atoms with van der Waals surface area (Å²) in [5.41, 5.74) is 11.3. The first-order valence-electron chi connectivity index (χ1n) is 10.5. The van der Waals surface area contributed by atoms with Crippen molar-refractivity contribution in [1.82, 2.24) is 24.1 Å². The van der Waals surface area contributed by atoms with Crippen LogP contribution in [0.15, 0.2) is 59.5 Å². The number of hydrogen-bond acceptors (Lipinski definition) is 5. The Kier molecular flexibility index (Phi) is 5.33. The first kappa shape index (κ1) is 21.7. The van der Waals surface area contributed by atoms with E-state index >= 15 is 0 Å². The molecule has 0 saturated heterocycles. The van der Waals surface area contributed by atoms with E-state index < -0.39 is 11.5 Å². The molecule has 34 heavy (non-hydrogen) atoms. The minimum absolute atomic E-state index is 0.0480. The molecule has 0 unspecified atom stereocenters. The summed E-state index contributed by atoms with van der Waals surface area (Å²) >= 11 is 6.14. The third kappa shape index (κ3) is 3.80. The van der Waals surface area contributed by atoms with E-state index in [1.807, 2.05) is 56.3 Å². The molecule has 0 saturated carbocycles. The van der Waals surface area contributed by atoms with E-state index in [2.05, 4.69) is 20.1 Å². The van der Waals surface area contributed by atoms with Crippen LogP contribution >= 0.6 is 11.6 Å². The zero-order valence-electron chi connectivity index (χ0n) is 18.4. The second-order valence-electron chi connectivity index (χ2n) is 7.95. The van der Waals surface area contributed by atoms with Gasteiger partial charge in [-0.3, -0.25) is 15.7 Å². The second-order valence-corrected chi connectivity index (χ2v) is 8.35. The molecule has 0 aliphatic carbocycles. The van der Waals surface area contributed by atoms with Crippen molar-refractivity contribution in [1.29, 1.82) is 0 Å². The van der Waals surface area contributed by atoms with Crippen molar-refractivity contribution in [3.05, 3.63) is 93.1 Å². The van der Waals surface area contributed by atoms with Crippen molar-refractivity contribution < 1.29 is 9.37 Å². The van der Waals surface area contributed by atoms with E-state index in [-0.39, 0.29) is 17.5 Å². The molecule has 8 nitrogen and oxygen atoms in total. The molecule has 0 atom stereocenters. The third-order valence-electron chi connectivity index (χ3n) is 5.42. The van der Waals surface area contributed by atoms with Crippen molar-refractivity contribution in [2.24, 2.45) is 0 Å². The maximum atomic E-state index is 13.4. The molecule has 0 radical (unpaired) electrons. The van der Waals surface area contributed by atoms with Crippen LogP contribution in [0.25, 0.3) is 28.0 Å². The summed E-state index contributed by atoms with van der Waals surface area (Å²) in [6, 6.07) is 14.7. The van der Waals surface area contributed by atoms with Gasteiger partial charge in [0, 0.05) is 17.0 Å². The SMILES string of the molecule is Cc1cc(-c2c(-c3ccccc3)[nH+]c(N)n3c(=O)n(Cc4ncc(F)cc4Cl)nc23)cc(C)n1. The summed E-state index contributed by atoms with van der Waals surface area (Å²) in [7, 11) is 0. The number of pyridine rings is 2. The predicted molar refractivity (Wildman–Crippen MR) is 127 cm³/mol. The monoisotopic (exact) mass is 476 g/mol. The highest BCUT2D eigenvalue weighted by Crippen LogP contribution is 2.33. The standard InChI is InChI=1S/C24H19ClFN7O/c1-13-8-16(9-14(2)29-13)20-21(15-6-4-3-5-7-15)30-23(27)33-22(20)31-32(24(33)34)12-19-18(25)10-17(26)11-28-19/h3-11H,12H2,1-2H3,(H2,27,30)/p+1. The van der Waals surface area contributed by atoms with Gasteiger partial charge in [0.15, 0.2) is 0 Å². The van der Waals surface area contributed by atoms with Crippen molar-refractivity contribution in [2.45, 2.75) is 20.4 Å². The molecule has 4 aromatic heterocycles. The molecule has 5 aromatic rings. The van der Waals surface area contributed by atoms with Crippen molar-refractivity contribution in [3.8, 4) is 22.4 Å². The molecule has 4 heterocycles. The van der Waals surface area contributed by atoms with Crippen LogP contribution in [0.5, 0.6) is 0 Å². The first-order chi connectivity index (χ1) is 16.3. The van der Waals surface area contributed by atoms with Gasteiger partial charge >= 0.3 is 11.6 Å². The molecule has 0 aliphatic rings. The Bertz CT molecular complexity index is 1590. The summed E-state index contributed by atoms with van der Waals surface area (Å²) in [6.45, 7) is 3.77. The average Bonchev–Trinajstić information content (AvgIpc) is 3.11. The molecule has 3 N–H and O–H groups in total. The van der Waals surface area contributed by atoms with Crippen LogP contribution in [-0.4, -0.2) is 24.1 Å². The smallest absolute Gasteiger partial charge is 0.290 e. The van der Waals surface area contributed by atoms with Gasteiger partial charge in [0.1, 0.15) is 11.5 Å². The molecule has 0 spiro atoms. The second kappa shape index (κ2) is 8.35. The van der Waals surface area contributed by atoms with Crippen LogP contribution in [0.2, 0.25) is 5.02 Å². The van der Waals surface area contributed by atoms with Crippen LogP contribution in [0, 0.1) is 19.7 Å². The van der Waals surface area contributed by atoms with Crippen LogP contribution in [-0.2, 0) is 6.54 Å². The molecule has 0 aliphatic heterocycles. The lowest BCUT2D eigenvalue weighted by Gasteiger charge is -2.10. The van der Waals surface area contributed by atoms with E-state index in [4.69, 9.17) is 17.3 Å². The minimum Gasteiger partial charge on any atom is -0.290 e. The van der Waals surface area contributed by atoms with Crippen LogP contribution < -0.4 is 16.4 Å². The van der Waals surface area contributed by atoms with Gasteiger partial charge in [-0.25, -0.2) is 14.2 Å². The number of benzene rings is 1. The number of aromatic amines is 1. The topological polar surface area (TPSA) is 105 Å². The molecule has 170 valence electrons. The summed E-state index contributed by atoms with van der Waals surface area (Å²) in [4.78, 5) is 25.0. The normalized spacial score (nSPS) is 11.3. The summed E-state index contributed by atoms with van der Waals surface area (Å²) < 4.78 is 16.0. The highest BCUT2D eigenvalue weighted by Gasteiger charge is 2.26. The van der Waals surface area contributed by atoms with E-state index in [0.717, 1.165) is 34.8 Å². The number of hydrogen-bond donors (Lipinski definition) is 1. The summed E-state index contributed by atoms with van der Waals surface area (Å²) in [6.07, 6.45) is 1.05. The average molecular weight is 477 g/mol. The number of nitrogens with two attached hydrogens (primary N) is 1. The van der Waals surface area contributed by atoms with Gasteiger partial charge in [-0.2, -0.15) is 4.68 Å². The number of anilines is 1. The van der Waals surface area contributed by atoms with E-state index in [1.54, 1.807) is 0 Å². The number of nitrogens with zero attached hydrogens (tertiary/aromatic N) is 5. The Morgan fingerprint density at radius 2 is 1.79 bits per heavy atom. The number of halogens is 2. The largest absolute Gasteiger partial charge is 0.411 e. The van der Waals surface area contributed by atoms with Crippen LogP contribution in [0.1, 0.15) is 17.1 Å². The van der Waals surface area contributed by atoms with Gasteiger partial charge in [0.2, 0.25) is 5.65 Å². The summed E-state index contributed by atoms with van der Waals surface area (Å²) in [5, 5.41) is 4.71. The first-order valence-corrected chi connectivity index (χ1v) is 10.8. The lowest BCUT2D eigenvalue weighted by molar-refractivity contribution is -0.351. The zero-order valence-corrected chi connectivity index (χ0v) is 19.1. The molecule has 0 fully saturated rings. The van der Waals surface area contributed by atoms with Gasteiger partial charge < -0.3 is 0 Å².